The SMILES string of the molecule is [B]Cc1c(CCCC)nc(C(F)(F)F)n1C. The molecular weight excluding hydrogens is 216 g/mol. The molecule has 0 aliphatic heterocycles. The Morgan fingerprint density at radius 2 is 2.00 bits per heavy atom. The molecule has 0 fully saturated rings. The van der Waals surface area contributed by atoms with Gasteiger partial charge in [-0.15, -0.1) is 0 Å². The molecule has 0 aromatic carbocycles. The first kappa shape index (κ1) is 13.1. The number of imidazole rings is 1. The molecule has 0 unspecified atom stereocenters. The Morgan fingerprint density at radius 1 is 1.38 bits per heavy atom. The van der Waals surface area contributed by atoms with Gasteiger partial charge in [0, 0.05) is 12.7 Å². The summed E-state index contributed by atoms with van der Waals surface area (Å²) in [4.78, 5) is 3.65. The third-order valence-corrected chi connectivity index (χ3v) is 2.51. The van der Waals surface area contributed by atoms with Crippen molar-refractivity contribution in [3.05, 3.63) is 17.2 Å². The fourth-order valence-corrected chi connectivity index (χ4v) is 1.64. The van der Waals surface area contributed by atoms with Gasteiger partial charge in [0.1, 0.15) is 0 Å². The van der Waals surface area contributed by atoms with Crippen molar-refractivity contribution in [3.8, 4) is 0 Å². The van der Waals surface area contributed by atoms with Gasteiger partial charge in [0.05, 0.1) is 13.5 Å². The average molecular weight is 230 g/mol. The zero-order valence-corrected chi connectivity index (χ0v) is 9.43. The van der Waals surface area contributed by atoms with Crippen LogP contribution in [0.3, 0.4) is 0 Å². The molecule has 0 aliphatic carbocycles. The summed E-state index contributed by atoms with van der Waals surface area (Å²) in [5, 5.41) is 0. The van der Waals surface area contributed by atoms with E-state index in [1.54, 1.807) is 0 Å². The van der Waals surface area contributed by atoms with Gasteiger partial charge in [-0.2, -0.15) is 13.2 Å². The number of aryl methyl sites for hydroxylation is 1. The van der Waals surface area contributed by atoms with Gasteiger partial charge in [-0.1, -0.05) is 13.3 Å². The monoisotopic (exact) mass is 230 g/mol. The number of rotatable bonds is 4. The lowest BCUT2D eigenvalue weighted by atomic mass is 9.99. The van der Waals surface area contributed by atoms with Crippen molar-refractivity contribution in [3.63, 3.8) is 0 Å². The summed E-state index contributed by atoms with van der Waals surface area (Å²) >= 11 is 0. The molecule has 1 rings (SSSR count). The minimum Gasteiger partial charge on any atom is -0.328 e. The van der Waals surface area contributed by atoms with Crippen LogP contribution in [0.15, 0.2) is 0 Å². The fraction of sp³-hybridized carbons (Fsp3) is 0.700. The maximum absolute atomic E-state index is 12.6. The Kier molecular flexibility index (Phi) is 4.05. The zero-order valence-electron chi connectivity index (χ0n) is 9.43. The molecule has 6 heteroatoms. The van der Waals surface area contributed by atoms with Crippen LogP contribution in [-0.4, -0.2) is 17.4 Å². The molecule has 0 N–H and O–H groups in total. The van der Waals surface area contributed by atoms with Gasteiger partial charge in [0.15, 0.2) is 0 Å². The van der Waals surface area contributed by atoms with Gasteiger partial charge in [-0.3, -0.25) is 0 Å². The van der Waals surface area contributed by atoms with E-state index >= 15 is 0 Å². The topological polar surface area (TPSA) is 17.8 Å². The van der Waals surface area contributed by atoms with Gasteiger partial charge in [0.2, 0.25) is 5.82 Å². The first-order valence-corrected chi connectivity index (χ1v) is 5.23. The van der Waals surface area contributed by atoms with E-state index in [0.29, 0.717) is 17.8 Å². The van der Waals surface area contributed by atoms with Crippen LogP contribution in [0.1, 0.15) is 37.0 Å². The van der Waals surface area contributed by atoms with Gasteiger partial charge in [-0.05, 0) is 19.2 Å². The quantitative estimate of drug-likeness (QED) is 0.726. The molecule has 0 spiro atoms. The van der Waals surface area contributed by atoms with Crippen molar-refractivity contribution in [2.24, 2.45) is 7.05 Å². The highest BCUT2D eigenvalue weighted by molar-refractivity contribution is 6.08. The maximum Gasteiger partial charge on any atom is 0.449 e. The highest BCUT2D eigenvalue weighted by Gasteiger charge is 2.37. The van der Waals surface area contributed by atoms with E-state index in [1.165, 1.54) is 7.05 Å². The van der Waals surface area contributed by atoms with Gasteiger partial charge in [0.25, 0.3) is 0 Å². The van der Waals surface area contributed by atoms with Crippen LogP contribution >= 0.6 is 0 Å². The normalized spacial score (nSPS) is 12.1. The standard InChI is InChI=1S/C10H14BF3N2/c1-3-4-5-7-8(6-11)16(2)9(15-7)10(12,13)14/h3-6H2,1-2H3. The van der Waals surface area contributed by atoms with E-state index in [9.17, 15) is 13.2 Å². The van der Waals surface area contributed by atoms with Crippen molar-refractivity contribution in [2.45, 2.75) is 38.7 Å². The molecule has 0 aliphatic rings. The smallest absolute Gasteiger partial charge is 0.328 e. The number of halogens is 3. The number of alkyl halides is 3. The zero-order chi connectivity index (χ0) is 12.3. The summed E-state index contributed by atoms with van der Waals surface area (Å²) < 4.78 is 38.8. The van der Waals surface area contributed by atoms with E-state index in [1.807, 2.05) is 6.92 Å². The van der Waals surface area contributed by atoms with E-state index < -0.39 is 12.0 Å². The highest BCUT2D eigenvalue weighted by Crippen LogP contribution is 2.30. The number of unbranched alkanes of at least 4 members (excludes halogenated alkanes) is 1. The van der Waals surface area contributed by atoms with Crippen molar-refractivity contribution in [1.29, 1.82) is 0 Å². The second-order valence-electron chi connectivity index (χ2n) is 3.69. The summed E-state index contributed by atoms with van der Waals surface area (Å²) in [6, 6.07) is 0. The molecular formula is C10H14BF3N2. The van der Waals surface area contributed by atoms with E-state index in [4.69, 9.17) is 7.85 Å². The predicted molar refractivity (Wildman–Crippen MR) is 56.3 cm³/mol. The molecule has 0 saturated heterocycles. The minimum atomic E-state index is -4.41. The van der Waals surface area contributed by atoms with E-state index in [-0.39, 0.29) is 6.32 Å². The minimum absolute atomic E-state index is 0.0820. The van der Waals surface area contributed by atoms with E-state index in [2.05, 4.69) is 4.98 Å². The molecule has 2 radical (unpaired) electrons. The summed E-state index contributed by atoms with van der Waals surface area (Å²) in [5.41, 5.74) is 0.944. The maximum atomic E-state index is 12.6. The van der Waals surface area contributed by atoms with Crippen molar-refractivity contribution in [2.75, 3.05) is 0 Å². The number of hydrogen-bond donors (Lipinski definition) is 0. The Morgan fingerprint density at radius 3 is 2.44 bits per heavy atom. The molecule has 0 bridgehead atoms. The predicted octanol–water partition coefficient (Wildman–Crippen LogP) is 2.45. The number of hydrogen-bond acceptors (Lipinski definition) is 1. The summed E-state index contributed by atoms with van der Waals surface area (Å²) in [6.45, 7) is 1.98. The molecule has 88 valence electrons. The Labute approximate surface area is 94.3 Å². The van der Waals surface area contributed by atoms with Gasteiger partial charge in [-0.25, -0.2) is 4.98 Å². The molecule has 0 saturated carbocycles. The van der Waals surface area contributed by atoms with Crippen molar-refractivity contribution in [1.82, 2.24) is 9.55 Å². The third kappa shape index (κ3) is 2.60. The number of nitrogens with zero attached hydrogens (tertiary/aromatic N) is 2. The summed E-state index contributed by atoms with van der Waals surface area (Å²) in [7, 11) is 6.81. The molecule has 2 nitrogen and oxygen atoms in total. The van der Waals surface area contributed by atoms with Crippen LogP contribution in [0.5, 0.6) is 0 Å². The number of aromatic nitrogens is 2. The van der Waals surface area contributed by atoms with Crippen LogP contribution in [0.4, 0.5) is 13.2 Å². The molecule has 1 heterocycles. The largest absolute Gasteiger partial charge is 0.449 e. The Bertz CT molecular complexity index is 358. The Hall–Kier alpha value is -0.935. The lowest BCUT2D eigenvalue weighted by molar-refractivity contribution is -0.146. The van der Waals surface area contributed by atoms with Crippen LogP contribution in [0, 0.1) is 0 Å². The van der Waals surface area contributed by atoms with Crippen LogP contribution < -0.4 is 0 Å². The molecule has 0 atom stereocenters. The Balaban J connectivity index is 3.10. The molecule has 16 heavy (non-hydrogen) atoms. The second-order valence-corrected chi connectivity index (χ2v) is 3.69. The van der Waals surface area contributed by atoms with Crippen molar-refractivity contribution >= 4 is 7.85 Å². The van der Waals surface area contributed by atoms with Gasteiger partial charge < -0.3 is 4.57 Å². The lowest BCUT2D eigenvalue weighted by Gasteiger charge is -2.07. The summed E-state index contributed by atoms with van der Waals surface area (Å²) in [5.74, 6) is -0.862. The molecule has 0 amide bonds. The first-order valence-electron chi connectivity index (χ1n) is 5.23. The molecule has 1 aromatic heterocycles. The summed E-state index contributed by atoms with van der Waals surface area (Å²) in [6.07, 6.45) is -2.04. The highest BCUT2D eigenvalue weighted by atomic mass is 19.4. The first-order chi connectivity index (χ1) is 7.41. The van der Waals surface area contributed by atoms with E-state index in [0.717, 1.165) is 17.4 Å². The average Bonchev–Trinajstić information content (AvgIpc) is 2.51. The van der Waals surface area contributed by atoms with Gasteiger partial charge >= 0.3 is 6.18 Å². The van der Waals surface area contributed by atoms with Crippen LogP contribution in [-0.2, 0) is 26.0 Å². The van der Waals surface area contributed by atoms with Crippen LogP contribution in [0.2, 0.25) is 0 Å². The lowest BCUT2D eigenvalue weighted by Crippen LogP contribution is -2.13. The fourth-order valence-electron chi connectivity index (χ4n) is 1.64. The molecule has 1 aromatic rings. The third-order valence-electron chi connectivity index (χ3n) is 2.51. The van der Waals surface area contributed by atoms with Crippen molar-refractivity contribution < 1.29 is 13.2 Å². The van der Waals surface area contributed by atoms with Crippen LogP contribution in [0.25, 0.3) is 0 Å². The second kappa shape index (κ2) is 4.93.